The topological polar surface area (TPSA) is 17.1 Å². The van der Waals surface area contributed by atoms with Crippen molar-refractivity contribution in [1.82, 2.24) is 0 Å². The SMILES string of the molecule is CCCCCC/C=C/C(C)c1ccc(C(C)=O)cc1. The molecule has 0 radical (unpaired) electrons. The van der Waals surface area contributed by atoms with Gasteiger partial charge >= 0.3 is 0 Å². The van der Waals surface area contributed by atoms with Crippen molar-refractivity contribution in [3.63, 3.8) is 0 Å². The van der Waals surface area contributed by atoms with E-state index in [1.165, 1.54) is 37.7 Å². The van der Waals surface area contributed by atoms with Crippen LogP contribution in [-0.2, 0) is 0 Å². The van der Waals surface area contributed by atoms with Gasteiger partial charge in [-0.3, -0.25) is 4.79 Å². The van der Waals surface area contributed by atoms with Crippen LogP contribution in [0.5, 0.6) is 0 Å². The molecule has 19 heavy (non-hydrogen) atoms. The minimum absolute atomic E-state index is 0.130. The van der Waals surface area contributed by atoms with E-state index in [4.69, 9.17) is 0 Å². The van der Waals surface area contributed by atoms with Gasteiger partial charge in [0.25, 0.3) is 0 Å². The normalized spacial score (nSPS) is 12.8. The Kier molecular flexibility index (Phi) is 7.17. The summed E-state index contributed by atoms with van der Waals surface area (Å²) in [6, 6.07) is 7.96. The maximum atomic E-state index is 11.2. The third-order valence-corrected chi connectivity index (χ3v) is 3.49. The molecule has 104 valence electrons. The lowest BCUT2D eigenvalue weighted by Gasteiger charge is -2.07. The lowest BCUT2D eigenvalue weighted by molar-refractivity contribution is 0.101. The summed E-state index contributed by atoms with van der Waals surface area (Å²) in [4.78, 5) is 11.2. The van der Waals surface area contributed by atoms with E-state index in [1.54, 1.807) is 6.92 Å². The highest BCUT2D eigenvalue weighted by molar-refractivity contribution is 5.94. The first-order chi connectivity index (χ1) is 9.15. The third kappa shape index (κ3) is 5.87. The predicted octanol–water partition coefficient (Wildman–Crippen LogP) is 5.52. The Morgan fingerprint density at radius 1 is 1.16 bits per heavy atom. The largest absolute Gasteiger partial charge is 0.295 e. The molecule has 0 amide bonds. The second-order valence-corrected chi connectivity index (χ2v) is 5.24. The summed E-state index contributed by atoms with van der Waals surface area (Å²) >= 11 is 0. The minimum atomic E-state index is 0.130. The van der Waals surface area contributed by atoms with E-state index in [2.05, 4.69) is 38.1 Å². The Balaban J connectivity index is 2.42. The van der Waals surface area contributed by atoms with Gasteiger partial charge in [0.15, 0.2) is 5.78 Å². The van der Waals surface area contributed by atoms with Crippen molar-refractivity contribution in [2.45, 2.75) is 58.8 Å². The van der Waals surface area contributed by atoms with Crippen molar-refractivity contribution in [2.24, 2.45) is 0 Å². The summed E-state index contributed by atoms with van der Waals surface area (Å²) in [6.45, 7) is 6.04. The van der Waals surface area contributed by atoms with E-state index in [0.29, 0.717) is 5.92 Å². The fraction of sp³-hybridized carbons (Fsp3) is 0.500. The van der Waals surface area contributed by atoms with E-state index in [-0.39, 0.29) is 5.78 Å². The zero-order valence-corrected chi connectivity index (χ0v) is 12.5. The van der Waals surface area contributed by atoms with Gasteiger partial charge < -0.3 is 0 Å². The molecular weight excluding hydrogens is 232 g/mol. The standard InChI is InChI=1S/C18H26O/c1-4-5-6-7-8-9-10-15(2)17-11-13-18(14-12-17)16(3)19/h9-15H,4-8H2,1-3H3/b10-9+. The Morgan fingerprint density at radius 3 is 2.42 bits per heavy atom. The van der Waals surface area contributed by atoms with Gasteiger partial charge in [-0.2, -0.15) is 0 Å². The fourth-order valence-electron chi connectivity index (χ4n) is 2.12. The van der Waals surface area contributed by atoms with E-state index < -0.39 is 0 Å². The number of carbonyl (C=O) groups excluding carboxylic acids is 1. The van der Waals surface area contributed by atoms with Crippen LogP contribution < -0.4 is 0 Å². The van der Waals surface area contributed by atoms with E-state index >= 15 is 0 Å². The maximum Gasteiger partial charge on any atom is 0.159 e. The predicted molar refractivity (Wildman–Crippen MR) is 82.8 cm³/mol. The summed E-state index contributed by atoms with van der Waals surface area (Å²) in [7, 11) is 0. The van der Waals surface area contributed by atoms with E-state index in [1.807, 2.05) is 12.1 Å². The van der Waals surface area contributed by atoms with Crippen LogP contribution in [0.1, 0.15) is 74.7 Å². The smallest absolute Gasteiger partial charge is 0.159 e. The van der Waals surface area contributed by atoms with Crippen LogP contribution in [0.2, 0.25) is 0 Å². The van der Waals surface area contributed by atoms with Crippen LogP contribution in [0.25, 0.3) is 0 Å². The highest BCUT2D eigenvalue weighted by Crippen LogP contribution is 2.18. The highest BCUT2D eigenvalue weighted by atomic mass is 16.1. The van der Waals surface area contributed by atoms with Crippen molar-refractivity contribution in [1.29, 1.82) is 0 Å². The van der Waals surface area contributed by atoms with Crippen LogP contribution in [0.4, 0.5) is 0 Å². The number of hydrogen-bond acceptors (Lipinski definition) is 1. The Morgan fingerprint density at radius 2 is 1.84 bits per heavy atom. The summed E-state index contributed by atoms with van der Waals surface area (Å²) in [5.74, 6) is 0.554. The van der Waals surface area contributed by atoms with Crippen LogP contribution in [0.3, 0.4) is 0 Å². The van der Waals surface area contributed by atoms with Crippen LogP contribution in [-0.4, -0.2) is 5.78 Å². The molecule has 1 nitrogen and oxygen atoms in total. The number of allylic oxidation sites excluding steroid dienone is 2. The van der Waals surface area contributed by atoms with Gasteiger partial charge in [0, 0.05) is 5.56 Å². The molecule has 0 bridgehead atoms. The van der Waals surface area contributed by atoms with Gasteiger partial charge in [0.05, 0.1) is 0 Å². The molecule has 1 atom stereocenters. The number of unbranched alkanes of at least 4 members (excludes halogenated alkanes) is 4. The molecule has 1 heteroatoms. The van der Waals surface area contributed by atoms with E-state index in [0.717, 1.165) is 5.56 Å². The van der Waals surface area contributed by atoms with Crippen molar-refractivity contribution in [3.8, 4) is 0 Å². The first-order valence-corrected chi connectivity index (χ1v) is 7.42. The number of carbonyl (C=O) groups is 1. The molecule has 0 aromatic heterocycles. The van der Waals surface area contributed by atoms with Crippen molar-refractivity contribution in [3.05, 3.63) is 47.5 Å². The zero-order valence-electron chi connectivity index (χ0n) is 12.5. The fourth-order valence-corrected chi connectivity index (χ4v) is 2.12. The Bertz CT molecular complexity index is 400. The number of benzene rings is 1. The van der Waals surface area contributed by atoms with Crippen LogP contribution in [0, 0.1) is 0 Å². The summed E-state index contributed by atoms with van der Waals surface area (Å²) in [5.41, 5.74) is 2.06. The molecule has 0 fully saturated rings. The molecule has 1 aromatic carbocycles. The Labute approximate surface area is 117 Å². The number of hydrogen-bond donors (Lipinski definition) is 0. The molecule has 0 aliphatic heterocycles. The van der Waals surface area contributed by atoms with Crippen molar-refractivity contribution < 1.29 is 4.79 Å². The van der Waals surface area contributed by atoms with Gasteiger partial charge in [-0.1, -0.05) is 69.5 Å². The van der Waals surface area contributed by atoms with Crippen LogP contribution in [0.15, 0.2) is 36.4 Å². The molecule has 0 aliphatic carbocycles. The number of ketones is 1. The second kappa shape index (κ2) is 8.68. The first-order valence-electron chi connectivity index (χ1n) is 7.42. The molecule has 0 saturated heterocycles. The zero-order chi connectivity index (χ0) is 14.1. The number of Topliss-reactive ketones (excluding diaryl/α,β-unsaturated/α-hetero) is 1. The van der Waals surface area contributed by atoms with Gasteiger partial charge in [0.2, 0.25) is 0 Å². The van der Waals surface area contributed by atoms with Gasteiger partial charge in [0.1, 0.15) is 0 Å². The molecular formula is C18H26O. The first kappa shape index (κ1) is 15.7. The Hall–Kier alpha value is -1.37. The average molecular weight is 258 g/mol. The second-order valence-electron chi connectivity index (χ2n) is 5.24. The summed E-state index contributed by atoms with van der Waals surface area (Å²) < 4.78 is 0. The maximum absolute atomic E-state index is 11.2. The average Bonchev–Trinajstić information content (AvgIpc) is 2.42. The summed E-state index contributed by atoms with van der Waals surface area (Å²) in [6.07, 6.45) is 11.0. The minimum Gasteiger partial charge on any atom is -0.295 e. The molecule has 0 N–H and O–H groups in total. The third-order valence-electron chi connectivity index (χ3n) is 3.49. The number of rotatable bonds is 8. The molecule has 1 aromatic rings. The molecule has 0 aliphatic rings. The lowest BCUT2D eigenvalue weighted by Crippen LogP contribution is -1.94. The van der Waals surface area contributed by atoms with E-state index in [9.17, 15) is 4.79 Å². The van der Waals surface area contributed by atoms with Crippen molar-refractivity contribution in [2.75, 3.05) is 0 Å². The monoisotopic (exact) mass is 258 g/mol. The van der Waals surface area contributed by atoms with Gasteiger partial charge in [-0.25, -0.2) is 0 Å². The van der Waals surface area contributed by atoms with Gasteiger partial charge in [-0.15, -0.1) is 0 Å². The lowest BCUT2D eigenvalue weighted by atomic mass is 9.98. The molecule has 0 spiro atoms. The van der Waals surface area contributed by atoms with Crippen LogP contribution >= 0.6 is 0 Å². The molecule has 1 rings (SSSR count). The van der Waals surface area contributed by atoms with Gasteiger partial charge in [-0.05, 0) is 31.2 Å². The molecule has 0 heterocycles. The summed E-state index contributed by atoms with van der Waals surface area (Å²) in [5, 5.41) is 0. The highest BCUT2D eigenvalue weighted by Gasteiger charge is 2.03. The molecule has 1 unspecified atom stereocenters. The molecule has 0 saturated carbocycles. The van der Waals surface area contributed by atoms with Crippen molar-refractivity contribution >= 4 is 5.78 Å². The quantitative estimate of drug-likeness (QED) is 0.341.